The number of nitrogens with one attached hydrogen (secondary N) is 3. The fourth-order valence-electron chi connectivity index (χ4n) is 3.64. The first-order valence-corrected chi connectivity index (χ1v) is 13.6. The zero-order valence-corrected chi connectivity index (χ0v) is 22.7. The molecule has 4 atom stereocenters. The highest BCUT2D eigenvalue weighted by Crippen LogP contribution is 2.34. The summed E-state index contributed by atoms with van der Waals surface area (Å²) in [5.41, 5.74) is 0.449. The largest absolute Gasteiger partial charge is 0.452 e. The third kappa shape index (κ3) is 9.88. The quantitative estimate of drug-likeness (QED) is 0.415. The molecule has 1 aromatic carbocycles. The Balaban J connectivity index is 2.08. The molecule has 1 aliphatic rings. The van der Waals surface area contributed by atoms with Gasteiger partial charge in [0, 0.05) is 37.1 Å². The van der Waals surface area contributed by atoms with E-state index in [1.165, 1.54) is 11.8 Å². The molecule has 9 heteroatoms. The third-order valence-electron chi connectivity index (χ3n) is 5.22. The van der Waals surface area contributed by atoms with Crippen molar-refractivity contribution in [3.05, 3.63) is 35.9 Å². The minimum atomic E-state index is -0.649. The van der Waals surface area contributed by atoms with Crippen molar-refractivity contribution in [2.24, 2.45) is 5.92 Å². The van der Waals surface area contributed by atoms with E-state index in [4.69, 9.17) is 4.74 Å². The highest BCUT2D eigenvalue weighted by molar-refractivity contribution is 8.14. The Morgan fingerprint density at radius 3 is 2.32 bits per heavy atom. The number of ether oxygens (including phenoxy) is 1. The molecule has 0 spiro atoms. The normalized spacial score (nSPS) is 20.0. The molecule has 0 bridgehead atoms. The number of likely N-dealkylation sites (N-methyl/N-ethyl adjacent to an activating group) is 1. The van der Waals surface area contributed by atoms with Crippen LogP contribution in [0.15, 0.2) is 30.3 Å². The number of hydrogen-bond donors (Lipinski definition) is 3. The average Bonchev–Trinajstić information content (AvgIpc) is 3.17. The van der Waals surface area contributed by atoms with Crippen molar-refractivity contribution in [2.45, 2.75) is 74.9 Å². The van der Waals surface area contributed by atoms with Gasteiger partial charge in [-0.1, -0.05) is 44.2 Å². The van der Waals surface area contributed by atoms with E-state index < -0.39 is 11.6 Å². The summed E-state index contributed by atoms with van der Waals surface area (Å²) in [5, 5.41) is 8.48. The van der Waals surface area contributed by atoms with Crippen LogP contribution in [0.3, 0.4) is 0 Å². The Morgan fingerprint density at radius 1 is 1.09 bits per heavy atom. The maximum Gasteiger partial charge on any atom is 0.368 e. The smallest absolute Gasteiger partial charge is 0.368 e. The van der Waals surface area contributed by atoms with Crippen molar-refractivity contribution in [1.82, 2.24) is 16.0 Å². The van der Waals surface area contributed by atoms with Crippen LogP contribution in [-0.4, -0.2) is 64.6 Å². The summed E-state index contributed by atoms with van der Waals surface area (Å²) in [6.07, 6.45) is 1.11. The molecule has 1 aromatic rings. The van der Waals surface area contributed by atoms with Crippen LogP contribution < -0.4 is 16.0 Å². The van der Waals surface area contributed by atoms with Gasteiger partial charge < -0.3 is 20.7 Å². The molecule has 0 aliphatic carbocycles. The Hall–Kier alpha value is -1.71. The second kappa shape index (κ2) is 13.4. The first-order chi connectivity index (χ1) is 16.0. The molecular weight excluding hydrogens is 470 g/mol. The summed E-state index contributed by atoms with van der Waals surface area (Å²) < 4.78 is 5.48. The lowest BCUT2D eigenvalue weighted by Gasteiger charge is -2.27. The number of thioether (sulfide) groups is 2. The molecule has 3 N–H and O–H groups in total. The van der Waals surface area contributed by atoms with Gasteiger partial charge in [-0.2, -0.15) is 0 Å². The average molecular weight is 510 g/mol. The van der Waals surface area contributed by atoms with Crippen LogP contribution in [0.5, 0.6) is 0 Å². The van der Waals surface area contributed by atoms with Crippen LogP contribution in [0, 0.1) is 5.92 Å². The SMILES string of the molecule is CNC(=O)[C@H](Cc1ccccc1)NC(=O)[C@@H](CC(C)C)S[C@@H]1CNC[C@@H]1SC(=O)OC(C)(C)C. The van der Waals surface area contributed by atoms with Gasteiger partial charge >= 0.3 is 5.30 Å². The van der Waals surface area contributed by atoms with Crippen molar-refractivity contribution < 1.29 is 19.1 Å². The minimum Gasteiger partial charge on any atom is -0.452 e. The summed E-state index contributed by atoms with van der Waals surface area (Å²) in [7, 11) is 1.58. The standard InChI is InChI=1S/C25H39N3O4S2/c1-16(2)12-19(33-20-14-27-15-21(20)34-24(31)32-25(3,4)5)23(30)28-18(22(29)26-6)13-17-10-8-7-9-11-17/h7-11,16,18-21,27H,12-15H2,1-6H3,(H,26,29)(H,28,30)/t18-,19+,20+,21-/m0/s1. The van der Waals surface area contributed by atoms with Gasteiger partial charge in [-0.05, 0) is 50.4 Å². The van der Waals surface area contributed by atoms with Crippen molar-refractivity contribution in [3.8, 4) is 0 Å². The molecule has 0 unspecified atom stereocenters. The summed E-state index contributed by atoms with van der Waals surface area (Å²) >= 11 is 2.79. The Kier molecular flexibility index (Phi) is 11.2. The van der Waals surface area contributed by atoms with Gasteiger partial charge in [0.1, 0.15) is 11.6 Å². The second-order valence-corrected chi connectivity index (χ2v) is 12.6. The predicted molar refractivity (Wildman–Crippen MR) is 141 cm³/mol. The summed E-state index contributed by atoms with van der Waals surface area (Å²) in [4.78, 5) is 38.3. The van der Waals surface area contributed by atoms with Gasteiger partial charge in [0.05, 0.1) is 5.25 Å². The van der Waals surface area contributed by atoms with E-state index in [0.29, 0.717) is 25.3 Å². The number of rotatable bonds is 10. The highest BCUT2D eigenvalue weighted by Gasteiger charge is 2.36. The van der Waals surface area contributed by atoms with Gasteiger partial charge in [0.15, 0.2) is 0 Å². The van der Waals surface area contributed by atoms with Gasteiger partial charge in [0.25, 0.3) is 0 Å². The summed E-state index contributed by atoms with van der Waals surface area (Å²) in [6.45, 7) is 11.1. The van der Waals surface area contributed by atoms with E-state index >= 15 is 0 Å². The van der Waals surface area contributed by atoms with E-state index in [1.807, 2.05) is 51.1 Å². The van der Waals surface area contributed by atoms with E-state index in [2.05, 4.69) is 29.8 Å². The van der Waals surface area contributed by atoms with Crippen molar-refractivity contribution in [3.63, 3.8) is 0 Å². The molecule has 1 aliphatic heterocycles. The summed E-state index contributed by atoms with van der Waals surface area (Å²) in [5.74, 6) is -0.0512. The zero-order chi connectivity index (χ0) is 25.3. The predicted octanol–water partition coefficient (Wildman–Crippen LogP) is 3.62. The second-order valence-electron chi connectivity index (χ2n) is 9.94. The Labute approximate surface area is 212 Å². The summed E-state index contributed by atoms with van der Waals surface area (Å²) in [6, 6.07) is 9.02. The van der Waals surface area contributed by atoms with Crippen LogP contribution in [-0.2, 0) is 20.7 Å². The highest BCUT2D eigenvalue weighted by atomic mass is 32.2. The van der Waals surface area contributed by atoms with Crippen LogP contribution >= 0.6 is 23.5 Å². The molecule has 7 nitrogen and oxygen atoms in total. The molecule has 2 amide bonds. The molecule has 0 radical (unpaired) electrons. The van der Waals surface area contributed by atoms with Crippen molar-refractivity contribution >= 4 is 40.6 Å². The molecule has 1 fully saturated rings. The molecular formula is C25H39N3O4S2. The minimum absolute atomic E-state index is 0.0152. The first-order valence-electron chi connectivity index (χ1n) is 11.8. The lowest BCUT2D eigenvalue weighted by Crippen LogP contribution is -2.50. The molecule has 190 valence electrons. The lowest BCUT2D eigenvalue weighted by molar-refractivity contribution is -0.128. The molecule has 34 heavy (non-hydrogen) atoms. The van der Waals surface area contributed by atoms with Gasteiger partial charge in [-0.3, -0.25) is 9.59 Å². The Morgan fingerprint density at radius 2 is 1.74 bits per heavy atom. The number of carbonyl (C=O) groups excluding carboxylic acids is 3. The maximum atomic E-state index is 13.4. The molecule has 0 saturated carbocycles. The van der Waals surface area contributed by atoms with E-state index in [0.717, 1.165) is 12.1 Å². The van der Waals surface area contributed by atoms with Gasteiger partial charge in [-0.15, -0.1) is 11.8 Å². The number of amides is 2. The lowest BCUT2D eigenvalue weighted by atomic mass is 10.0. The van der Waals surface area contributed by atoms with Crippen LogP contribution in [0.25, 0.3) is 0 Å². The van der Waals surface area contributed by atoms with E-state index in [9.17, 15) is 14.4 Å². The van der Waals surface area contributed by atoms with Crippen LogP contribution in [0.4, 0.5) is 4.79 Å². The molecule has 1 heterocycles. The molecule has 0 aromatic heterocycles. The first kappa shape index (κ1) is 28.5. The van der Waals surface area contributed by atoms with E-state index in [-0.39, 0.29) is 32.9 Å². The number of hydrogen-bond acceptors (Lipinski definition) is 7. The Bertz CT molecular complexity index is 814. The molecule has 2 rings (SSSR count). The zero-order valence-electron chi connectivity index (χ0n) is 21.1. The maximum absolute atomic E-state index is 13.4. The molecule has 1 saturated heterocycles. The fraction of sp³-hybridized carbons (Fsp3) is 0.640. The van der Waals surface area contributed by atoms with Gasteiger partial charge in [0.2, 0.25) is 11.8 Å². The monoisotopic (exact) mass is 509 g/mol. The number of benzene rings is 1. The number of carbonyl (C=O) groups is 3. The van der Waals surface area contributed by atoms with Crippen molar-refractivity contribution in [1.29, 1.82) is 0 Å². The van der Waals surface area contributed by atoms with Crippen LogP contribution in [0.1, 0.15) is 46.6 Å². The van der Waals surface area contributed by atoms with Gasteiger partial charge in [-0.25, -0.2) is 4.79 Å². The van der Waals surface area contributed by atoms with Crippen LogP contribution in [0.2, 0.25) is 0 Å². The van der Waals surface area contributed by atoms with E-state index in [1.54, 1.807) is 18.8 Å². The fourth-order valence-corrected chi connectivity index (χ4v) is 6.59. The topological polar surface area (TPSA) is 96.5 Å². The third-order valence-corrected chi connectivity index (χ3v) is 8.05. The van der Waals surface area contributed by atoms with Crippen molar-refractivity contribution in [2.75, 3.05) is 20.1 Å².